The summed E-state index contributed by atoms with van der Waals surface area (Å²) in [4.78, 5) is 15.3. The van der Waals surface area contributed by atoms with Crippen molar-refractivity contribution in [2.75, 3.05) is 43.4 Å². The molecule has 0 spiro atoms. The predicted octanol–water partition coefficient (Wildman–Crippen LogP) is 2.66. The SMILES string of the molecule is CC(C)(C)c1ccc2c(c1)N(S(C)(=O)=O)CC(C(=O)NCc1cccc(CN3CCOCC3)c1)O2. The number of morpholine rings is 1. The molecule has 0 aromatic heterocycles. The van der Waals surface area contributed by atoms with E-state index in [0.29, 0.717) is 18.0 Å². The molecular weight excluding hydrogens is 466 g/mol. The Morgan fingerprint density at radius 1 is 1.09 bits per heavy atom. The van der Waals surface area contributed by atoms with Crippen LogP contribution in [0.25, 0.3) is 0 Å². The molecule has 1 atom stereocenters. The molecular formula is C26H35N3O5S. The smallest absolute Gasteiger partial charge is 0.263 e. The van der Waals surface area contributed by atoms with Gasteiger partial charge >= 0.3 is 0 Å². The second-order valence-electron chi connectivity index (χ2n) is 10.3. The number of hydrogen-bond donors (Lipinski definition) is 1. The number of rotatable bonds is 6. The minimum Gasteiger partial charge on any atom is -0.476 e. The highest BCUT2D eigenvalue weighted by Gasteiger charge is 2.35. The van der Waals surface area contributed by atoms with Crippen LogP contribution >= 0.6 is 0 Å². The number of amides is 1. The summed E-state index contributed by atoms with van der Waals surface area (Å²) in [7, 11) is -3.60. The van der Waals surface area contributed by atoms with Crippen LogP contribution in [0.5, 0.6) is 5.75 Å². The van der Waals surface area contributed by atoms with Gasteiger partial charge in [-0.25, -0.2) is 8.42 Å². The Kier molecular flexibility index (Phi) is 7.40. The van der Waals surface area contributed by atoms with Crippen LogP contribution in [0.2, 0.25) is 0 Å². The average Bonchev–Trinajstić information content (AvgIpc) is 2.81. The first-order valence-corrected chi connectivity index (χ1v) is 13.8. The standard InChI is InChI=1S/C26H35N3O5S/c1-26(2,3)21-8-9-23-22(15-21)29(35(4,31)32)18-24(34-23)25(30)27-16-19-6-5-7-20(14-19)17-28-10-12-33-13-11-28/h5-9,14-15,24H,10-13,16-18H2,1-4H3,(H,27,30). The maximum Gasteiger partial charge on any atom is 0.263 e. The number of nitrogens with one attached hydrogen (secondary N) is 1. The zero-order valence-corrected chi connectivity index (χ0v) is 21.7. The molecule has 8 nitrogen and oxygen atoms in total. The summed E-state index contributed by atoms with van der Waals surface area (Å²) in [5.41, 5.74) is 3.48. The van der Waals surface area contributed by atoms with Crippen LogP contribution in [0.15, 0.2) is 42.5 Å². The van der Waals surface area contributed by atoms with Crippen molar-refractivity contribution in [1.82, 2.24) is 10.2 Å². The van der Waals surface area contributed by atoms with Gasteiger partial charge in [-0.2, -0.15) is 0 Å². The first-order chi connectivity index (χ1) is 16.5. The van der Waals surface area contributed by atoms with E-state index < -0.39 is 16.1 Å². The molecule has 9 heteroatoms. The van der Waals surface area contributed by atoms with E-state index in [0.717, 1.165) is 50.2 Å². The molecule has 0 aliphatic carbocycles. The van der Waals surface area contributed by atoms with Gasteiger partial charge in [0.25, 0.3) is 5.91 Å². The summed E-state index contributed by atoms with van der Waals surface area (Å²) in [6.07, 6.45) is 0.218. The van der Waals surface area contributed by atoms with Crippen molar-refractivity contribution in [2.45, 2.75) is 45.4 Å². The molecule has 2 heterocycles. The topological polar surface area (TPSA) is 88.2 Å². The van der Waals surface area contributed by atoms with E-state index in [9.17, 15) is 13.2 Å². The van der Waals surface area contributed by atoms with Gasteiger partial charge in [0.2, 0.25) is 10.0 Å². The third kappa shape index (κ3) is 6.34. The molecule has 1 fully saturated rings. The lowest BCUT2D eigenvalue weighted by atomic mass is 9.86. The zero-order chi connectivity index (χ0) is 25.2. The fourth-order valence-electron chi connectivity index (χ4n) is 4.33. The molecule has 2 aromatic rings. The summed E-state index contributed by atoms with van der Waals surface area (Å²) in [5.74, 6) is 0.0464. The summed E-state index contributed by atoms with van der Waals surface area (Å²) in [6, 6.07) is 13.6. The van der Waals surface area contributed by atoms with E-state index in [4.69, 9.17) is 9.47 Å². The number of nitrogens with zero attached hydrogens (tertiary/aromatic N) is 2. The van der Waals surface area contributed by atoms with Crippen molar-refractivity contribution in [3.8, 4) is 5.75 Å². The highest BCUT2D eigenvalue weighted by Crippen LogP contribution is 2.38. The molecule has 2 aliphatic rings. The number of carbonyl (C=O) groups excluding carboxylic acids is 1. The van der Waals surface area contributed by atoms with Crippen molar-refractivity contribution >= 4 is 21.6 Å². The van der Waals surface area contributed by atoms with Gasteiger partial charge in [-0.3, -0.25) is 14.0 Å². The molecule has 2 aliphatic heterocycles. The van der Waals surface area contributed by atoms with E-state index in [1.54, 1.807) is 6.07 Å². The molecule has 35 heavy (non-hydrogen) atoms. The molecule has 4 rings (SSSR count). The van der Waals surface area contributed by atoms with E-state index in [2.05, 4.69) is 43.1 Å². The molecule has 1 amide bonds. The van der Waals surface area contributed by atoms with E-state index >= 15 is 0 Å². The van der Waals surface area contributed by atoms with Gasteiger partial charge in [0.15, 0.2) is 6.10 Å². The number of fused-ring (bicyclic) bond motifs is 1. The lowest BCUT2D eigenvalue weighted by molar-refractivity contribution is -0.127. The van der Waals surface area contributed by atoms with Crippen molar-refractivity contribution in [3.05, 3.63) is 59.2 Å². The van der Waals surface area contributed by atoms with Gasteiger partial charge in [-0.05, 0) is 34.2 Å². The first kappa shape index (κ1) is 25.5. The number of sulfonamides is 1. The number of hydrogen-bond acceptors (Lipinski definition) is 6. The van der Waals surface area contributed by atoms with Crippen LogP contribution in [-0.4, -0.2) is 64.4 Å². The lowest BCUT2D eigenvalue weighted by Gasteiger charge is -2.35. The Bertz CT molecular complexity index is 1170. The maximum atomic E-state index is 13.0. The van der Waals surface area contributed by atoms with E-state index in [1.165, 1.54) is 9.87 Å². The number of carbonyl (C=O) groups is 1. The van der Waals surface area contributed by atoms with Crippen LogP contribution in [-0.2, 0) is 38.1 Å². The molecule has 2 aromatic carbocycles. The van der Waals surface area contributed by atoms with E-state index in [1.807, 2.05) is 24.3 Å². The van der Waals surface area contributed by atoms with Crippen LogP contribution < -0.4 is 14.4 Å². The molecule has 0 saturated carbocycles. The molecule has 0 radical (unpaired) electrons. The van der Waals surface area contributed by atoms with Gasteiger partial charge in [-0.15, -0.1) is 0 Å². The number of ether oxygens (including phenoxy) is 2. The molecule has 1 N–H and O–H groups in total. The highest BCUT2D eigenvalue weighted by atomic mass is 32.2. The second kappa shape index (κ2) is 10.2. The quantitative estimate of drug-likeness (QED) is 0.655. The van der Waals surface area contributed by atoms with Gasteiger partial charge in [0, 0.05) is 26.2 Å². The largest absolute Gasteiger partial charge is 0.476 e. The lowest BCUT2D eigenvalue weighted by Crippen LogP contribution is -2.50. The fourth-order valence-corrected chi connectivity index (χ4v) is 5.23. The van der Waals surface area contributed by atoms with Crippen molar-refractivity contribution < 1.29 is 22.7 Å². The maximum absolute atomic E-state index is 13.0. The molecule has 190 valence electrons. The van der Waals surface area contributed by atoms with Crippen LogP contribution in [0, 0.1) is 0 Å². The summed E-state index contributed by atoms with van der Waals surface area (Å²) in [6.45, 7) is 10.6. The van der Waals surface area contributed by atoms with Crippen LogP contribution in [0.4, 0.5) is 5.69 Å². The third-order valence-electron chi connectivity index (χ3n) is 6.36. The normalized spacial score (nSPS) is 19.1. The highest BCUT2D eigenvalue weighted by molar-refractivity contribution is 7.92. The van der Waals surface area contributed by atoms with Gasteiger partial charge in [0.05, 0.1) is 31.7 Å². The summed E-state index contributed by atoms with van der Waals surface area (Å²) < 4.78 is 37.8. The first-order valence-electron chi connectivity index (χ1n) is 12.0. The Morgan fingerprint density at radius 2 is 1.80 bits per heavy atom. The van der Waals surface area contributed by atoms with Crippen molar-refractivity contribution in [3.63, 3.8) is 0 Å². The number of anilines is 1. The Morgan fingerprint density at radius 3 is 2.49 bits per heavy atom. The Labute approximate surface area is 208 Å². The Balaban J connectivity index is 1.44. The number of benzene rings is 2. The summed E-state index contributed by atoms with van der Waals surface area (Å²) in [5, 5.41) is 2.92. The average molecular weight is 502 g/mol. The Hall–Kier alpha value is -2.62. The zero-order valence-electron chi connectivity index (χ0n) is 20.9. The minimum absolute atomic E-state index is 0.0671. The fraction of sp³-hybridized carbons (Fsp3) is 0.500. The van der Waals surface area contributed by atoms with Gasteiger partial charge < -0.3 is 14.8 Å². The molecule has 1 saturated heterocycles. The van der Waals surface area contributed by atoms with Crippen LogP contribution in [0.3, 0.4) is 0 Å². The van der Waals surface area contributed by atoms with Gasteiger partial charge in [-0.1, -0.05) is 51.1 Å². The van der Waals surface area contributed by atoms with Crippen molar-refractivity contribution in [1.29, 1.82) is 0 Å². The van der Waals surface area contributed by atoms with E-state index in [-0.39, 0.29) is 17.9 Å². The predicted molar refractivity (Wildman–Crippen MR) is 136 cm³/mol. The second-order valence-corrected chi connectivity index (χ2v) is 12.2. The summed E-state index contributed by atoms with van der Waals surface area (Å²) >= 11 is 0. The van der Waals surface area contributed by atoms with Crippen molar-refractivity contribution in [2.24, 2.45) is 0 Å². The monoisotopic (exact) mass is 501 g/mol. The minimum atomic E-state index is -3.60. The molecule has 1 unspecified atom stereocenters. The third-order valence-corrected chi connectivity index (χ3v) is 7.50. The van der Waals surface area contributed by atoms with Gasteiger partial charge in [0.1, 0.15) is 5.75 Å². The van der Waals surface area contributed by atoms with Crippen LogP contribution in [0.1, 0.15) is 37.5 Å². The molecule has 0 bridgehead atoms.